The lowest BCUT2D eigenvalue weighted by Crippen LogP contribution is -2.27. The average Bonchev–Trinajstić information content (AvgIpc) is 2.27. The fraction of sp³-hybridized carbons (Fsp3) is 0.455. The Morgan fingerprint density at radius 3 is 2.69 bits per heavy atom. The maximum atomic E-state index is 11.4. The van der Waals surface area contributed by atoms with Gasteiger partial charge in [-0.1, -0.05) is 0 Å². The van der Waals surface area contributed by atoms with E-state index in [2.05, 4.69) is 9.72 Å². The summed E-state index contributed by atoms with van der Waals surface area (Å²) in [5, 5.41) is 0. The lowest BCUT2D eigenvalue weighted by atomic mass is 10.2. The summed E-state index contributed by atoms with van der Waals surface area (Å²) in [6.07, 6.45) is 1.47. The Labute approximate surface area is 95.2 Å². The van der Waals surface area contributed by atoms with Gasteiger partial charge < -0.3 is 15.4 Å². The lowest BCUT2D eigenvalue weighted by molar-refractivity contribution is 0.0602. The van der Waals surface area contributed by atoms with Crippen LogP contribution in [0.5, 0.6) is 0 Å². The number of rotatable bonds is 3. The number of nitrogen functional groups attached to an aromatic ring is 1. The van der Waals surface area contributed by atoms with Crippen molar-refractivity contribution in [3.05, 3.63) is 17.8 Å². The molecule has 5 heteroatoms. The average molecular weight is 223 g/mol. The van der Waals surface area contributed by atoms with Crippen LogP contribution < -0.4 is 10.6 Å². The van der Waals surface area contributed by atoms with Gasteiger partial charge in [0.15, 0.2) is 0 Å². The Kier molecular flexibility index (Phi) is 3.71. The third-order valence-corrected chi connectivity index (χ3v) is 2.46. The molecular weight excluding hydrogens is 206 g/mol. The number of ether oxygens (including phenoxy) is 1. The highest BCUT2D eigenvalue weighted by molar-refractivity contribution is 5.95. The fourth-order valence-electron chi connectivity index (χ4n) is 1.20. The van der Waals surface area contributed by atoms with Crippen LogP contribution in [0.1, 0.15) is 24.2 Å². The van der Waals surface area contributed by atoms with Crippen molar-refractivity contribution in [2.45, 2.75) is 19.9 Å². The molecule has 0 saturated carbocycles. The van der Waals surface area contributed by atoms with Gasteiger partial charge in [0.1, 0.15) is 5.82 Å². The molecule has 1 aromatic rings. The molecule has 0 spiro atoms. The number of aromatic nitrogens is 1. The molecule has 0 bridgehead atoms. The summed E-state index contributed by atoms with van der Waals surface area (Å²) in [4.78, 5) is 17.6. The van der Waals surface area contributed by atoms with E-state index < -0.39 is 5.97 Å². The molecule has 1 aromatic heterocycles. The van der Waals surface area contributed by atoms with Crippen LogP contribution in [0.3, 0.4) is 0 Å². The van der Waals surface area contributed by atoms with E-state index in [1.165, 1.54) is 13.3 Å². The van der Waals surface area contributed by atoms with Crippen LogP contribution >= 0.6 is 0 Å². The number of pyridine rings is 1. The van der Waals surface area contributed by atoms with Crippen molar-refractivity contribution in [2.24, 2.45) is 0 Å². The van der Waals surface area contributed by atoms with Crippen molar-refractivity contribution in [3.8, 4) is 0 Å². The standard InChI is InChI=1S/C11H17N3O2/c1-7(2)14(3)10-5-8(11(15)16-4)9(12)6-13-10/h5-7H,12H2,1-4H3. The van der Waals surface area contributed by atoms with Gasteiger partial charge >= 0.3 is 5.97 Å². The van der Waals surface area contributed by atoms with Gasteiger partial charge in [-0.3, -0.25) is 0 Å². The minimum absolute atomic E-state index is 0.293. The summed E-state index contributed by atoms with van der Waals surface area (Å²) in [5.41, 5.74) is 6.33. The lowest BCUT2D eigenvalue weighted by Gasteiger charge is -2.23. The number of methoxy groups -OCH3 is 1. The number of nitrogens with zero attached hydrogens (tertiary/aromatic N) is 2. The molecule has 0 unspecified atom stereocenters. The minimum atomic E-state index is -0.446. The summed E-state index contributed by atoms with van der Waals surface area (Å²) in [7, 11) is 3.23. The van der Waals surface area contributed by atoms with E-state index in [0.717, 1.165) is 0 Å². The number of nitrogens with two attached hydrogens (primary N) is 1. The molecular formula is C11H17N3O2. The van der Waals surface area contributed by atoms with Gasteiger partial charge in [-0.2, -0.15) is 0 Å². The number of hydrogen-bond acceptors (Lipinski definition) is 5. The quantitative estimate of drug-likeness (QED) is 0.782. The molecule has 16 heavy (non-hydrogen) atoms. The number of carbonyl (C=O) groups excluding carboxylic acids is 1. The highest BCUT2D eigenvalue weighted by Crippen LogP contribution is 2.19. The third kappa shape index (κ3) is 2.42. The molecule has 0 atom stereocenters. The Balaban J connectivity index is 3.12. The summed E-state index contributed by atoms with van der Waals surface area (Å²) >= 11 is 0. The van der Waals surface area contributed by atoms with Gasteiger partial charge in [0.25, 0.3) is 0 Å². The van der Waals surface area contributed by atoms with Gasteiger partial charge in [-0.05, 0) is 19.9 Å². The van der Waals surface area contributed by atoms with Gasteiger partial charge in [0.2, 0.25) is 0 Å². The summed E-state index contributed by atoms with van der Waals surface area (Å²) in [6.45, 7) is 4.08. The van der Waals surface area contributed by atoms with Crippen molar-refractivity contribution < 1.29 is 9.53 Å². The first-order chi connectivity index (χ1) is 7.47. The third-order valence-electron chi connectivity index (χ3n) is 2.46. The molecule has 1 heterocycles. The second kappa shape index (κ2) is 4.83. The van der Waals surface area contributed by atoms with Crippen molar-refractivity contribution >= 4 is 17.5 Å². The van der Waals surface area contributed by atoms with E-state index in [9.17, 15) is 4.79 Å². The van der Waals surface area contributed by atoms with Gasteiger partial charge in [0, 0.05) is 13.1 Å². The van der Waals surface area contributed by atoms with E-state index >= 15 is 0 Å². The minimum Gasteiger partial charge on any atom is -0.465 e. The molecule has 2 N–H and O–H groups in total. The van der Waals surface area contributed by atoms with E-state index in [1.807, 2.05) is 25.8 Å². The molecule has 0 amide bonds. The van der Waals surface area contributed by atoms with E-state index in [4.69, 9.17) is 5.73 Å². The molecule has 0 aliphatic heterocycles. The molecule has 88 valence electrons. The van der Waals surface area contributed by atoms with Crippen LogP contribution in [0.15, 0.2) is 12.3 Å². The highest BCUT2D eigenvalue weighted by Gasteiger charge is 2.14. The molecule has 0 radical (unpaired) electrons. The fourth-order valence-corrected chi connectivity index (χ4v) is 1.20. The van der Waals surface area contributed by atoms with Crippen LogP contribution in [-0.4, -0.2) is 31.2 Å². The molecule has 5 nitrogen and oxygen atoms in total. The van der Waals surface area contributed by atoms with Crippen LogP contribution in [0, 0.1) is 0 Å². The summed E-state index contributed by atoms with van der Waals surface area (Å²) in [6, 6.07) is 1.93. The summed E-state index contributed by atoms with van der Waals surface area (Å²) < 4.78 is 4.65. The SMILES string of the molecule is COC(=O)c1cc(N(C)C(C)C)ncc1N. The normalized spacial score (nSPS) is 10.3. The second-order valence-electron chi connectivity index (χ2n) is 3.83. The van der Waals surface area contributed by atoms with Crippen LogP contribution in [0.25, 0.3) is 0 Å². The number of carbonyl (C=O) groups is 1. The van der Waals surface area contributed by atoms with Crippen molar-refractivity contribution in [3.63, 3.8) is 0 Å². The number of hydrogen-bond donors (Lipinski definition) is 1. The Hall–Kier alpha value is -1.78. The first kappa shape index (κ1) is 12.3. The molecule has 0 aliphatic carbocycles. The maximum absolute atomic E-state index is 11.4. The Morgan fingerprint density at radius 2 is 2.19 bits per heavy atom. The van der Waals surface area contributed by atoms with E-state index in [-0.39, 0.29) is 0 Å². The zero-order valence-electron chi connectivity index (χ0n) is 10.0. The number of esters is 1. The Bertz CT molecular complexity index is 391. The molecule has 0 saturated heterocycles. The molecule has 0 fully saturated rings. The first-order valence-corrected chi connectivity index (χ1v) is 5.04. The van der Waals surface area contributed by atoms with E-state index in [0.29, 0.717) is 23.1 Å². The zero-order valence-corrected chi connectivity index (χ0v) is 10.0. The van der Waals surface area contributed by atoms with E-state index in [1.54, 1.807) is 6.07 Å². The van der Waals surface area contributed by atoms with Crippen molar-refractivity contribution in [1.29, 1.82) is 0 Å². The van der Waals surface area contributed by atoms with Crippen LogP contribution in [-0.2, 0) is 4.74 Å². The van der Waals surface area contributed by atoms with Crippen LogP contribution in [0.4, 0.5) is 11.5 Å². The summed E-state index contributed by atoms with van der Waals surface area (Å²) in [5.74, 6) is 0.253. The first-order valence-electron chi connectivity index (χ1n) is 5.04. The maximum Gasteiger partial charge on any atom is 0.340 e. The molecule has 0 aliphatic rings. The second-order valence-corrected chi connectivity index (χ2v) is 3.83. The van der Waals surface area contributed by atoms with Gasteiger partial charge in [-0.15, -0.1) is 0 Å². The largest absolute Gasteiger partial charge is 0.465 e. The predicted molar refractivity (Wildman–Crippen MR) is 63.5 cm³/mol. The van der Waals surface area contributed by atoms with Crippen molar-refractivity contribution in [1.82, 2.24) is 4.98 Å². The topological polar surface area (TPSA) is 68.5 Å². The van der Waals surface area contributed by atoms with Crippen LogP contribution in [0.2, 0.25) is 0 Å². The Morgan fingerprint density at radius 1 is 1.56 bits per heavy atom. The highest BCUT2D eigenvalue weighted by atomic mass is 16.5. The zero-order chi connectivity index (χ0) is 12.3. The molecule has 0 aromatic carbocycles. The van der Waals surface area contributed by atoms with Gasteiger partial charge in [-0.25, -0.2) is 9.78 Å². The smallest absolute Gasteiger partial charge is 0.340 e. The monoisotopic (exact) mass is 223 g/mol. The van der Waals surface area contributed by atoms with Gasteiger partial charge in [0.05, 0.1) is 24.6 Å². The van der Waals surface area contributed by atoms with Crippen molar-refractivity contribution in [2.75, 3.05) is 24.8 Å². The molecule has 1 rings (SSSR count). The predicted octanol–water partition coefficient (Wildman–Crippen LogP) is 1.29. The number of anilines is 2.